The maximum absolute atomic E-state index is 13.5. The van der Waals surface area contributed by atoms with E-state index < -0.39 is 33.5 Å². The summed E-state index contributed by atoms with van der Waals surface area (Å²) in [6.07, 6.45) is -0.893. The van der Waals surface area contributed by atoms with Crippen molar-refractivity contribution in [2.75, 3.05) is 6.54 Å². The SMILES string of the molecule is Cc1cc(S(=O)(=O)NCC(C)O)cc(C(=O)O)c1F. The molecule has 19 heavy (non-hydrogen) atoms. The van der Waals surface area contributed by atoms with Crippen LogP contribution >= 0.6 is 0 Å². The van der Waals surface area contributed by atoms with Crippen LogP contribution in [0.2, 0.25) is 0 Å². The van der Waals surface area contributed by atoms with E-state index in [-0.39, 0.29) is 17.0 Å². The molecule has 1 atom stereocenters. The van der Waals surface area contributed by atoms with Gasteiger partial charge in [0.25, 0.3) is 0 Å². The zero-order chi connectivity index (χ0) is 14.8. The molecule has 1 aromatic carbocycles. The number of aromatic carboxylic acids is 1. The number of carbonyl (C=O) groups is 1. The Balaban J connectivity index is 3.25. The summed E-state index contributed by atoms with van der Waals surface area (Å²) in [5, 5.41) is 17.8. The molecule has 106 valence electrons. The average Bonchev–Trinajstić information content (AvgIpc) is 2.29. The van der Waals surface area contributed by atoms with Crippen molar-refractivity contribution in [1.29, 1.82) is 0 Å². The number of aryl methyl sites for hydroxylation is 1. The largest absolute Gasteiger partial charge is 0.478 e. The number of nitrogens with one attached hydrogen (secondary N) is 1. The topological polar surface area (TPSA) is 104 Å². The molecule has 0 saturated carbocycles. The zero-order valence-corrected chi connectivity index (χ0v) is 11.2. The van der Waals surface area contributed by atoms with Crippen molar-refractivity contribution >= 4 is 16.0 Å². The fourth-order valence-corrected chi connectivity index (χ4v) is 2.59. The molecule has 0 aliphatic rings. The van der Waals surface area contributed by atoms with Crippen LogP contribution in [0.15, 0.2) is 17.0 Å². The highest BCUT2D eigenvalue weighted by Gasteiger charge is 2.21. The smallest absolute Gasteiger partial charge is 0.338 e. The Morgan fingerprint density at radius 2 is 2.05 bits per heavy atom. The van der Waals surface area contributed by atoms with Crippen LogP contribution in [0.1, 0.15) is 22.8 Å². The normalized spacial score (nSPS) is 13.3. The van der Waals surface area contributed by atoms with Crippen LogP contribution in [0, 0.1) is 12.7 Å². The first-order valence-electron chi connectivity index (χ1n) is 5.36. The number of sulfonamides is 1. The number of hydrogen-bond acceptors (Lipinski definition) is 4. The van der Waals surface area contributed by atoms with Crippen LogP contribution in [-0.2, 0) is 10.0 Å². The Kier molecular flexibility index (Phi) is 4.61. The Bertz CT molecular complexity index is 597. The lowest BCUT2D eigenvalue weighted by Crippen LogP contribution is -2.31. The summed E-state index contributed by atoms with van der Waals surface area (Å²) in [6, 6.07) is 1.78. The van der Waals surface area contributed by atoms with Crippen LogP contribution in [0.5, 0.6) is 0 Å². The number of halogens is 1. The van der Waals surface area contributed by atoms with Crippen molar-refractivity contribution < 1.29 is 27.8 Å². The molecule has 0 spiro atoms. The maximum atomic E-state index is 13.5. The second-order valence-electron chi connectivity index (χ2n) is 4.11. The van der Waals surface area contributed by atoms with Gasteiger partial charge in [0.15, 0.2) is 0 Å². The lowest BCUT2D eigenvalue weighted by atomic mass is 10.1. The quantitative estimate of drug-likeness (QED) is 0.732. The Morgan fingerprint density at radius 3 is 2.53 bits per heavy atom. The minimum atomic E-state index is -3.99. The van der Waals surface area contributed by atoms with Crippen molar-refractivity contribution in [3.63, 3.8) is 0 Å². The first kappa shape index (κ1) is 15.5. The van der Waals surface area contributed by atoms with Crippen LogP contribution in [0.3, 0.4) is 0 Å². The second kappa shape index (κ2) is 5.64. The van der Waals surface area contributed by atoms with E-state index in [9.17, 15) is 17.6 Å². The van der Waals surface area contributed by atoms with Crippen LogP contribution in [0.25, 0.3) is 0 Å². The molecule has 0 aliphatic heterocycles. The molecule has 1 aromatic rings. The third-order valence-corrected chi connectivity index (χ3v) is 3.74. The average molecular weight is 291 g/mol. The zero-order valence-electron chi connectivity index (χ0n) is 10.3. The molecule has 1 unspecified atom stereocenters. The molecule has 0 aliphatic carbocycles. The minimum absolute atomic E-state index is 0.0858. The minimum Gasteiger partial charge on any atom is -0.478 e. The first-order chi connectivity index (χ1) is 8.65. The van der Waals surface area contributed by atoms with Gasteiger partial charge >= 0.3 is 5.97 Å². The molecule has 0 amide bonds. The van der Waals surface area contributed by atoms with Gasteiger partial charge in [0.1, 0.15) is 5.82 Å². The molecule has 0 radical (unpaired) electrons. The molecule has 0 bridgehead atoms. The Labute approximate surface area is 109 Å². The fraction of sp³-hybridized carbons (Fsp3) is 0.364. The van der Waals surface area contributed by atoms with Crippen molar-refractivity contribution in [3.8, 4) is 0 Å². The summed E-state index contributed by atoms with van der Waals surface area (Å²) in [5.41, 5.74) is -0.797. The van der Waals surface area contributed by atoms with Crippen LogP contribution < -0.4 is 4.72 Å². The predicted molar refractivity (Wildman–Crippen MR) is 65.0 cm³/mol. The number of rotatable bonds is 5. The highest BCUT2D eigenvalue weighted by Crippen LogP contribution is 2.19. The summed E-state index contributed by atoms with van der Waals surface area (Å²) in [7, 11) is -3.99. The van der Waals surface area contributed by atoms with E-state index in [1.165, 1.54) is 13.8 Å². The van der Waals surface area contributed by atoms with E-state index in [4.69, 9.17) is 10.2 Å². The van der Waals surface area contributed by atoms with Crippen LogP contribution in [0.4, 0.5) is 4.39 Å². The van der Waals surface area contributed by atoms with Gasteiger partial charge < -0.3 is 10.2 Å². The van der Waals surface area contributed by atoms with Gasteiger partial charge in [-0.1, -0.05) is 0 Å². The Hall–Kier alpha value is -1.51. The number of aliphatic hydroxyl groups is 1. The van der Waals surface area contributed by atoms with E-state index in [1.54, 1.807) is 0 Å². The molecular weight excluding hydrogens is 277 g/mol. The number of aliphatic hydroxyl groups excluding tert-OH is 1. The van der Waals surface area contributed by atoms with Crippen LogP contribution in [-0.4, -0.2) is 37.2 Å². The number of hydrogen-bond donors (Lipinski definition) is 3. The van der Waals surface area contributed by atoms with E-state index >= 15 is 0 Å². The van der Waals surface area contributed by atoms with Gasteiger partial charge in [0.2, 0.25) is 10.0 Å². The lowest BCUT2D eigenvalue weighted by Gasteiger charge is -2.10. The monoisotopic (exact) mass is 291 g/mol. The summed E-state index contributed by atoms with van der Waals surface area (Å²) < 4.78 is 39.3. The van der Waals surface area contributed by atoms with Gasteiger partial charge in [-0.05, 0) is 31.5 Å². The standard InChI is InChI=1S/C11H14FNO5S/c1-6-3-8(4-9(10(6)12)11(15)16)19(17,18)13-5-7(2)14/h3-4,7,13-14H,5H2,1-2H3,(H,15,16). The number of benzene rings is 1. The van der Waals surface area contributed by atoms with Gasteiger partial charge in [-0.3, -0.25) is 0 Å². The first-order valence-corrected chi connectivity index (χ1v) is 6.84. The van der Waals surface area contributed by atoms with Crippen molar-refractivity contribution in [1.82, 2.24) is 4.72 Å². The van der Waals surface area contributed by atoms with Crippen molar-refractivity contribution in [2.24, 2.45) is 0 Å². The highest BCUT2D eigenvalue weighted by molar-refractivity contribution is 7.89. The van der Waals surface area contributed by atoms with E-state index in [2.05, 4.69) is 4.72 Å². The fourth-order valence-electron chi connectivity index (χ4n) is 1.36. The van der Waals surface area contributed by atoms with E-state index in [1.807, 2.05) is 0 Å². The molecule has 6 nitrogen and oxygen atoms in total. The van der Waals surface area contributed by atoms with Gasteiger partial charge in [-0.2, -0.15) is 0 Å². The molecule has 0 heterocycles. The summed E-state index contributed by atoms with van der Waals surface area (Å²) in [6.45, 7) is 2.44. The summed E-state index contributed by atoms with van der Waals surface area (Å²) >= 11 is 0. The third kappa shape index (κ3) is 3.72. The second-order valence-corrected chi connectivity index (χ2v) is 5.87. The van der Waals surface area contributed by atoms with E-state index in [0.717, 1.165) is 12.1 Å². The molecule has 1 rings (SSSR count). The summed E-state index contributed by atoms with van der Waals surface area (Å²) in [5.74, 6) is -2.52. The molecule has 3 N–H and O–H groups in total. The lowest BCUT2D eigenvalue weighted by molar-refractivity contribution is 0.0691. The molecule has 0 saturated heterocycles. The molecule has 0 fully saturated rings. The number of carboxylic acids is 1. The third-order valence-electron chi connectivity index (χ3n) is 2.34. The van der Waals surface area contributed by atoms with Crippen molar-refractivity contribution in [2.45, 2.75) is 24.8 Å². The predicted octanol–water partition coefficient (Wildman–Crippen LogP) is 0.491. The Morgan fingerprint density at radius 1 is 1.47 bits per heavy atom. The maximum Gasteiger partial charge on any atom is 0.338 e. The molecule has 0 aromatic heterocycles. The van der Waals surface area contributed by atoms with Gasteiger partial charge in [-0.25, -0.2) is 22.3 Å². The number of carboxylic acid groups (broad SMARTS) is 1. The summed E-state index contributed by atoms with van der Waals surface area (Å²) in [4.78, 5) is 10.5. The van der Waals surface area contributed by atoms with Crippen molar-refractivity contribution in [3.05, 3.63) is 29.1 Å². The molecular formula is C11H14FNO5S. The molecule has 8 heteroatoms. The van der Waals surface area contributed by atoms with Gasteiger partial charge in [0.05, 0.1) is 16.6 Å². The highest BCUT2D eigenvalue weighted by atomic mass is 32.2. The van der Waals surface area contributed by atoms with Gasteiger partial charge in [-0.15, -0.1) is 0 Å². The van der Waals surface area contributed by atoms with Gasteiger partial charge in [0, 0.05) is 6.54 Å². The van der Waals surface area contributed by atoms with E-state index in [0.29, 0.717) is 0 Å².